The van der Waals surface area contributed by atoms with Gasteiger partial charge < -0.3 is 20.3 Å². The van der Waals surface area contributed by atoms with Gasteiger partial charge in [-0.05, 0) is 43.5 Å². The second-order valence-corrected chi connectivity index (χ2v) is 7.84. The Morgan fingerprint density at radius 2 is 2.04 bits per heavy atom. The van der Waals surface area contributed by atoms with Crippen molar-refractivity contribution >= 4 is 11.8 Å². The molecule has 0 bridgehead atoms. The highest BCUT2D eigenvalue weighted by molar-refractivity contribution is 5.79. The molecule has 1 unspecified atom stereocenters. The van der Waals surface area contributed by atoms with Gasteiger partial charge in [-0.1, -0.05) is 24.3 Å². The highest BCUT2D eigenvalue weighted by atomic mass is 16.5. The number of nitrogens with one attached hydrogen (secondary N) is 2. The van der Waals surface area contributed by atoms with Gasteiger partial charge in [0.25, 0.3) is 0 Å². The van der Waals surface area contributed by atoms with Crippen molar-refractivity contribution < 1.29 is 14.3 Å². The van der Waals surface area contributed by atoms with Crippen molar-refractivity contribution in [3.63, 3.8) is 0 Å². The van der Waals surface area contributed by atoms with E-state index >= 15 is 0 Å². The molecule has 0 saturated carbocycles. The smallest absolute Gasteiger partial charge is 0.222 e. The molecular weight excluding hydrogens is 342 g/mol. The molecule has 3 rings (SSSR count). The number of ether oxygens (including phenoxy) is 1. The van der Waals surface area contributed by atoms with Gasteiger partial charge in [-0.2, -0.15) is 0 Å². The quantitative estimate of drug-likeness (QED) is 0.796. The average Bonchev–Trinajstić information content (AvgIpc) is 2.67. The lowest BCUT2D eigenvalue weighted by Crippen LogP contribution is -2.48. The van der Waals surface area contributed by atoms with Crippen LogP contribution in [0.15, 0.2) is 24.3 Å². The summed E-state index contributed by atoms with van der Waals surface area (Å²) in [7, 11) is 1.72. The van der Waals surface area contributed by atoms with Gasteiger partial charge in [0.1, 0.15) is 0 Å². The number of rotatable bonds is 6. The maximum Gasteiger partial charge on any atom is 0.222 e. The maximum atomic E-state index is 12.8. The lowest BCUT2D eigenvalue weighted by Gasteiger charge is -2.38. The number of methoxy groups -OCH3 is 1. The van der Waals surface area contributed by atoms with Gasteiger partial charge >= 0.3 is 0 Å². The van der Waals surface area contributed by atoms with Crippen LogP contribution in [-0.2, 0) is 20.7 Å². The fourth-order valence-corrected chi connectivity index (χ4v) is 4.42. The predicted molar refractivity (Wildman–Crippen MR) is 104 cm³/mol. The molecule has 0 aromatic heterocycles. The van der Waals surface area contributed by atoms with Crippen LogP contribution in [0.25, 0.3) is 0 Å². The van der Waals surface area contributed by atoms with E-state index in [0.717, 1.165) is 37.9 Å². The first-order chi connectivity index (χ1) is 13.0. The topological polar surface area (TPSA) is 70.7 Å². The number of piperidine rings is 1. The normalized spacial score (nSPS) is 21.4. The van der Waals surface area contributed by atoms with Gasteiger partial charge in [0, 0.05) is 32.5 Å². The Morgan fingerprint density at radius 3 is 2.74 bits per heavy atom. The molecule has 2 heterocycles. The Bertz CT molecular complexity index is 665. The number of fused-ring (bicyclic) bond motifs is 1. The standard InChI is InChI=1S/C21H31N3O3/c1-16(25)24-12-7-17-5-3-4-6-18(17)19(24)13-20(26)23-14-21(15-27-2)8-10-22-11-9-21/h3-6,19,22H,7-15H2,1-2H3,(H,23,26). The van der Waals surface area contributed by atoms with Crippen molar-refractivity contribution in [2.45, 2.75) is 38.6 Å². The van der Waals surface area contributed by atoms with E-state index in [2.05, 4.69) is 16.7 Å². The summed E-state index contributed by atoms with van der Waals surface area (Å²) in [6.07, 6.45) is 3.13. The second kappa shape index (κ2) is 8.85. The van der Waals surface area contributed by atoms with E-state index in [4.69, 9.17) is 4.74 Å². The average molecular weight is 373 g/mol. The highest BCUT2D eigenvalue weighted by Crippen LogP contribution is 2.33. The van der Waals surface area contributed by atoms with Crippen LogP contribution < -0.4 is 10.6 Å². The number of carbonyl (C=O) groups is 2. The molecular formula is C21H31N3O3. The molecule has 6 heteroatoms. The van der Waals surface area contributed by atoms with Crippen molar-refractivity contribution in [1.29, 1.82) is 0 Å². The highest BCUT2D eigenvalue weighted by Gasteiger charge is 2.34. The van der Waals surface area contributed by atoms with Crippen LogP contribution in [0.4, 0.5) is 0 Å². The molecule has 1 fully saturated rings. The minimum absolute atomic E-state index is 0.000392. The molecule has 6 nitrogen and oxygen atoms in total. The third-order valence-electron chi connectivity index (χ3n) is 5.97. The van der Waals surface area contributed by atoms with Crippen LogP contribution in [0.2, 0.25) is 0 Å². The molecule has 0 radical (unpaired) electrons. The fraction of sp³-hybridized carbons (Fsp3) is 0.619. The van der Waals surface area contributed by atoms with E-state index in [1.165, 1.54) is 5.56 Å². The molecule has 2 aliphatic heterocycles. The summed E-state index contributed by atoms with van der Waals surface area (Å²) in [4.78, 5) is 26.7. The van der Waals surface area contributed by atoms with Crippen molar-refractivity contribution in [3.05, 3.63) is 35.4 Å². The molecule has 1 saturated heterocycles. The molecule has 2 amide bonds. The first-order valence-electron chi connectivity index (χ1n) is 9.86. The van der Waals surface area contributed by atoms with E-state index < -0.39 is 0 Å². The molecule has 1 aromatic rings. The predicted octanol–water partition coefficient (Wildman–Crippen LogP) is 1.65. The third-order valence-corrected chi connectivity index (χ3v) is 5.97. The Balaban J connectivity index is 1.67. The van der Waals surface area contributed by atoms with E-state index in [1.54, 1.807) is 14.0 Å². The molecule has 148 valence electrons. The van der Waals surface area contributed by atoms with Gasteiger partial charge in [0.05, 0.1) is 19.1 Å². The van der Waals surface area contributed by atoms with Crippen LogP contribution in [0, 0.1) is 5.41 Å². The summed E-state index contributed by atoms with van der Waals surface area (Å²) in [6.45, 7) is 5.43. The monoisotopic (exact) mass is 373 g/mol. The van der Waals surface area contributed by atoms with E-state index in [0.29, 0.717) is 26.1 Å². The van der Waals surface area contributed by atoms with Gasteiger partial charge in [0.2, 0.25) is 11.8 Å². The van der Waals surface area contributed by atoms with Crippen LogP contribution >= 0.6 is 0 Å². The van der Waals surface area contributed by atoms with Gasteiger partial charge in [-0.25, -0.2) is 0 Å². The summed E-state index contributed by atoms with van der Waals surface area (Å²) in [6, 6.07) is 7.96. The minimum Gasteiger partial charge on any atom is -0.384 e. The van der Waals surface area contributed by atoms with Crippen molar-refractivity contribution in [2.75, 3.05) is 39.9 Å². The fourth-order valence-electron chi connectivity index (χ4n) is 4.42. The Kier molecular flexibility index (Phi) is 6.50. The van der Waals surface area contributed by atoms with Gasteiger partial charge in [-0.3, -0.25) is 9.59 Å². The second-order valence-electron chi connectivity index (χ2n) is 7.84. The Labute approximate surface area is 161 Å². The zero-order valence-corrected chi connectivity index (χ0v) is 16.4. The first-order valence-corrected chi connectivity index (χ1v) is 9.86. The summed E-state index contributed by atoms with van der Waals surface area (Å²) >= 11 is 0. The summed E-state index contributed by atoms with van der Waals surface area (Å²) in [5.74, 6) is 0.0217. The summed E-state index contributed by atoms with van der Waals surface area (Å²) in [5, 5.41) is 6.50. The van der Waals surface area contributed by atoms with E-state index in [9.17, 15) is 9.59 Å². The van der Waals surface area contributed by atoms with Crippen LogP contribution in [0.5, 0.6) is 0 Å². The van der Waals surface area contributed by atoms with E-state index in [-0.39, 0.29) is 23.3 Å². The molecule has 0 spiro atoms. The largest absolute Gasteiger partial charge is 0.384 e. The molecule has 2 aliphatic rings. The number of carbonyl (C=O) groups excluding carboxylic acids is 2. The van der Waals surface area contributed by atoms with Gasteiger partial charge in [0.15, 0.2) is 0 Å². The number of hydrogen-bond donors (Lipinski definition) is 2. The molecule has 1 aromatic carbocycles. The lowest BCUT2D eigenvalue weighted by molar-refractivity contribution is -0.133. The maximum absolute atomic E-state index is 12.8. The number of hydrogen-bond acceptors (Lipinski definition) is 4. The number of benzene rings is 1. The van der Waals surface area contributed by atoms with Crippen molar-refractivity contribution in [3.8, 4) is 0 Å². The SMILES string of the molecule is COCC1(CNC(=O)CC2c3ccccc3CCN2C(C)=O)CCNCC1. The zero-order chi connectivity index (χ0) is 19.3. The third kappa shape index (κ3) is 4.68. The van der Waals surface area contributed by atoms with Crippen molar-refractivity contribution in [2.24, 2.45) is 5.41 Å². The van der Waals surface area contributed by atoms with Gasteiger partial charge in [-0.15, -0.1) is 0 Å². The Morgan fingerprint density at radius 1 is 1.30 bits per heavy atom. The molecule has 1 atom stereocenters. The zero-order valence-electron chi connectivity index (χ0n) is 16.4. The molecule has 2 N–H and O–H groups in total. The lowest BCUT2D eigenvalue weighted by atomic mass is 9.79. The van der Waals surface area contributed by atoms with Crippen LogP contribution in [-0.4, -0.2) is 56.6 Å². The van der Waals surface area contributed by atoms with E-state index in [1.807, 2.05) is 23.1 Å². The molecule has 0 aliphatic carbocycles. The summed E-state index contributed by atoms with van der Waals surface area (Å²) < 4.78 is 5.43. The summed E-state index contributed by atoms with van der Waals surface area (Å²) in [5.41, 5.74) is 2.34. The van der Waals surface area contributed by atoms with Crippen LogP contribution in [0.3, 0.4) is 0 Å². The van der Waals surface area contributed by atoms with Crippen molar-refractivity contribution in [1.82, 2.24) is 15.5 Å². The minimum atomic E-state index is -0.182. The number of amides is 2. The molecule has 27 heavy (non-hydrogen) atoms. The van der Waals surface area contributed by atoms with Crippen LogP contribution in [0.1, 0.15) is 43.4 Å². The Hall–Kier alpha value is -1.92. The first kappa shape index (κ1) is 19.8. The number of nitrogens with zero attached hydrogens (tertiary/aromatic N) is 1.